The Balaban J connectivity index is 4.14. The first kappa shape index (κ1) is 14.5. The van der Waals surface area contributed by atoms with E-state index >= 15 is 0 Å². The third kappa shape index (κ3) is 5.19. The average molecular weight is 213 g/mol. The van der Waals surface area contributed by atoms with Crippen LogP contribution in [0.15, 0.2) is 0 Å². The molecule has 0 rings (SSSR count). The Morgan fingerprint density at radius 2 is 1.73 bits per heavy atom. The molecule has 90 valence electrons. The third-order valence-corrected chi connectivity index (χ3v) is 3.24. The van der Waals surface area contributed by atoms with Gasteiger partial charge in [0.2, 0.25) is 5.91 Å². The largest absolute Gasteiger partial charge is 0.341 e. The first-order valence-corrected chi connectivity index (χ1v) is 6.17. The van der Waals surface area contributed by atoms with Gasteiger partial charge in [0, 0.05) is 19.5 Å². The lowest BCUT2D eigenvalue weighted by Gasteiger charge is -2.28. The molecular weight excluding hydrogens is 186 g/mol. The summed E-state index contributed by atoms with van der Waals surface area (Å²) >= 11 is 0. The maximum atomic E-state index is 11.4. The van der Waals surface area contributed by atoms with Crippen LogP contribution in [0.4, 0.5) is 0 Å². The van der Waals surface area contributed by atoms with Crippen LogP contribution in [0, 0.1) is 11.8 Å². The summed E-state index contributed by atoms with van der Waals surface area (Å²) in [6.07, 6.45) is 2.34. The second kappa shape index (κ2) is 6.86. The Kier molecular flexibility index (Phi) is 6.62. The zero-order valence-corrected chi connectivity index (χ0v) is 11.2. The molecule has 0 heterocycles. The van der Waals surface area contributed by atoms with Gasteiger partial charge in [-0.05, 0) is 32.1 Å². The molecule has 1 unspecified atom stereocenters. The molecule has 0 aliphatic carbocycles. The Labute approximate surface area is 95.0 Å². The highest BCUT2D eigenvalue weighted by Crippen LogP contribution is 2.19. The predicted octanol–water partition coefficient (Wildman–Crippen LogP) is 3.32. The molecule has 15 heavy (non-hydrogen) atoms. The van der Waals surface area contributed by atoms with Crippen LogP contribution in [0.3, 0.4) is 0 Å². The van der Waals surface area contributed by atoms with Gasteiger partial charge >= 0.3 is 0 Å². The first-order chi connectivity index (χ1) is 6.90. The molecule has 0 aromatic carbocycles. The maximum absolute atomic E-state index is 11.4. The van der Waals surface area contributed by atoms with Crippen molar-refractivity contribution in [2.75, 3.05) is 6.54 Å². The Morgan fingerprint density at radius 1 is 1.20 bits per heavy atom. The molecule has 0 spiro atoms. The molecule has 0 aliphatic rings. The van der Waals surface area contributed by atoms with Crippen molar-refractivity contribution in [2.24, 2.45) is 11.8 Å². The van der Waals surface area contributed by atoms with Gasteiger partial charge in [0.25, 0.3) is 0 Å². The molecule has 1 atom stereocenters. The fourth-order valence-electron chi connectivity index (χ4n) is 2.09. The second-order valence-electron chi connectivity index (χ2n) is 5.01. The van der Waals surface area contributed by atoms with E-state index < -0.39 is 0 Å². The van der Waals surface area contributed by atoms with Crippen LogP contribution in [0.5, 0.6) is 0 Å². The van der Waals surface area contributed by atoms with Crippen molar-refractivity contribution in [2.45, 2.75) is 60.4 Å². The lowest BCUT2D eigenvalue weighted by Crippen LogP contribution is -2.37. The van der Waals surface area contributed by atoms with Gasteiger partial charge in [-0.2, -0.15) is 0 Å². The standard InChI is InChI=1S/C13H27NO/c1-7-13(10(2)3)8-9-14(11(4)5)12(6)15/h10-11,13H,7-9H2,1-6H3. The number of nitrogens with zero attached hydrogens (tertiary/aromatic N) is 1. The van der Waals surface area contributed by atoms with E-state index in [1.807, 2.05) is 4.90 Å². The molecule has 0 aromatic rings. The molecule has 2 heteroatoms. The number of rotatable bonds is 6. The van der Waals surface area contributed by atoms with E-state index in [1.54, 1.807) is 6.92 Å². The monoisotopic (exact) mass is 213 g/mol. The maximum Gasteiger partial charge on any atom is 0.219 e. The number of carbonyl (C=O) groups is 1. The number of hydrogen-bond acceptors (Lipinski definition) is 1. The van der Waals surface area contributed by atoms with Crippen LogP contribution in [-0.2, 0) is 4.79 Å². The van der Waals surface area contributed by atoms with E-state index in [4.69, 9.17) is 0 Å². The summed E-state index contributed by atoms with van der Waals surface area (Å²) in [4.78, 5) is 13.3. The highest BCUT2D eigenvalue weighted by atomic mass is 16.2. The van der Waals surface area contributed by atoms with Crippen LogP contribution in [-0.4, -0.2) is 23.4 Å². The van der Waals surface area contributed by atoms with Crippen molar-refractivity contribution in [3.05, 3.63) is 0 Å². The van der Waals surface area contributed by atoms with Gasteiger partial charge in [0.05, 0.1) is 0 Å². The minimum atomic E-state index is 0.198. The van der Waals surface area contributed by atoms with E-state index in [0.29, 0.717) is 6.04 Å². The molecule has 0 aromatic heterocycles. The summed E-state index contributed by atoms with van der Waals surface area (Å²) in [6, 6.07) is 0.326. The van der Waals surface area contributed by atoms with E-state index in [9.17, 15) is 4.79 Å². The molecule has 0 saturated heterocycles. The summed E-state index contributed by atoms with van der Waals surface area (Å²) in [7, 11) is 0. The topological polar surface area (TPSA) is 20.3 Å². The smallest absolute Gasteiger partial charge is 0.219 e. The lowest BCUT2D eigenvalue weighted by atomic mass is 9.90. The predicted molar refractivity (Wildman–Crippen MR) is 65.8 cm³/mol. The lowest BCUT2D eigenvalue weighted by molar-refractivity contribution is -0.130. The van der Waals surface area contributed by atoms with Crippen LogP contribution < -0.4 is 0 Å². The fourth-order valence-corrected chi connectivity index (χ4v) is 2.09. The van der Waals surface area contributed by atoms with Gasteiger partial charge in [-0.15, -0.1) is 0 Å². The molecule has 0 bridgehead atoms. The third-order valence-electron chi connectivity index (χ3n) is 3.24. The molecule has 1 amide bonds. The quantitative estimate of drug-likeness (QED) is 0.663. The van der Waals surface area contributed by atoms with Crippen LogP contribution in [0.1, 0.15) is 54.4 Å². The van der Waals surface area contributed by atoms with Crippen LogP contribution >= 0.6 is 0 Å². The molecule has 0 aliphatic heterocycles. The minimum Gasteiger partial charge on any atom is -0.341 e. The van der Waals surface area contributed by atoms with Crippen molar-refractivity contribution in [3.8, 4) is 0 Å². The van der Waals surface area contributed by atoms with Gasteiger partial charge in [-0.25, -0.2) is 0 Å². The Bertz CT molecular complexity index is 187. The number of hydrogen-bond donors (Lipinski definition) is 0. The van der Waals surface area contributed by atoms with Crippen LogP contribution in [0.25, 0.3) is 0 Å². The number of amides is 1. The van der Waals surface area contributed by atoms with Crippen molar-refractivity contribution >= 4 is 5.91 Å². The van der Waals surface area contributed by atoms with Crippen molar-refractivity contribution in [1.29, 1.82) is 0 Å². The number of carbonyl (C=O) groups excluding carboxylic acids is 1. The molecular formula is C13H27NO. The fraction of sp³-hybridized carbons (Fsp3) is 0.923. The summed E-state index contributed by atoms with van der Waals surface area (Å²) < 4.78 is 0. The average Bonchev–Trinajstić information content (AvgIpc) is 2.10. The van der Waals surface area contributed by atoms with E-state index in [0.717, 1.165) is 24.8 Å². The van der Waals surface area contributed by atoms with Gasteiger partial charge in [0.15, 0.2) is 0 Å². The molecule has 0 N–H and O–H groups in total. The van der Waals surface area contributed by atoms with Gasteiger partial charge in [-0.3, -0.25) is 4.79 Å². The molecule has 2 nitrogen and oxygen atoms in total. The molecule has 0 fully saturated rings. The SMILES string of the molecule is CCC(CCN(C(C)=O)C(C)C)C(C)C. The van der Waals surface area contributed by atoms with E-state index in [1.165, 1.54) is 6.42 Å². The highest BCUT2D eigenvalue weighted by molar-refractivity contribution is 5.73. The highest BCUT2D eigenvalue weighted by Gasteiger charge is 2.16. The van der Waals surface area contributed by atoms with Crippen molar-refractivity contribution < 1.29 is 4.79 Å². The summed E-state index contributed by atoms with van der Waals surface area (Å²) in [5.41, 5.74) is 0. The van der Waals surface area contributed by atoms with Crippen molar-refractivity contribution in [1.82, 2.24) is 4.90 Å². The summed E-state index contributed by atoms with van der Waals surface area (Å²) in [5.74, 6) is 1.66. The normalized spacial score (nSPS) is 13.3. The summed E-state index contributed by atoms with van der Waals surface area (Å²) in [6.45, 7) is 13.5. The zero-order valence-electron chi connectivity index (χ0n) is 11.2. The van der Waals surface area contributed by atoms with Gasteiger partial charge in [-0.1, -0.05) is 27.2 Å². The van der Waals surface area contributed by atoms with Gasteiger partial charge < -0.3 is 4.90 Å². The van der Waals surface area contributed by atoms with Crippen LogP contribution in [0.2, 0.25) is 0 Å². The Hall–Kier alpha value is -0.530. The van der Waals surface area contributed by atoms with E-state index in [-0.39, 0.29) is 5.91 Å². The Morgan fingerprint density at radius 3 is 2.00 bits per heavy atom. The molecule has 0 radical (unpaired) electrons. The second-order valence-corrected chi connectivity index (χ2v) is 5.01. The minimum absolute atomic E-state index is 0.198. The van der Waals surface area contributed by atoms with E-state index in [2.05, 4.69) is 34.6 Å². The summed E-state index contributed by atoms with van der Waals surface area (Å²) in [5, 5.41) is 0. The van der Waals surface area contributed by atoms with Gasteiger partial charge in [0.1, 0.15) is 0 Å². The van der Waals surface area contributed by atoms with Crippen molar-refractivity contribution in [3.63, 3.8) is 0 Å². The molecule has 0 saturated carbocycles. The zero-order chi connectivity index (χ0) is 12.0. The first-order valence-electron chi connectivity index (χ1n) is 6.17.